The third-order valence-corrected chi connectivity index (χ3v) is 14.4. The summed E-state index contributed by atoms with van der Waals surface area (Å²) in [6.07, 6.45) is 97.6. The van der Waals surface area contributed by atoms with Crippen LogP contribution < -0.4 is 0 Å². The zero-order chi connectivity index (χ0) is 59.2. The maximum Gasteiger partial charge on any atom is 0.306 e. The van der Waals surface area contributed by atoms with Gasteiger partial charge in [-0.2, -0.15) is 0 Å². The van der Waals surface area contributed by atoms with Crippen LogP contribution in [0.2, 0.25) is 0 Å². The highest BCUT2D eigenvalue weighted by atomic mass is 16.6. The second-order valence-electron chi connectivity index (χ2n) is 22.3. The van der Waals surface area contributed by atoms with E-state index < -0.39 is 6.10 Å². The first-order valence-corrected chi connectivity index (χ1v) is 34.2. The molecule has 0 aliphatic carbocycles. The Morgan fingerprint density at radius 1 is 0.256 bits per heavy atom. The van der Waals surface area contributed by atoms with Crippen molar-refractivity contribution in [3.8, 4) is 0 Å². The smallest absolute Gasteiger partial charge is 0.306 e. The van der Waals surface area contributed by atoms with Gasteiger partial charge in [0.05, 0.1) is 0 Å². The topological polar surface area (TPSA) is 78.9 Å². The van der Waals surface area contributed by atoms with Crippen molar-refractivity contribution in [3.05, 3.63) is 134 Å². The van der Waals surface area contributed by atoms with Crippen LogP contribution in [0, 0.1) is 0 Å². The summed E-state index contributed by atoms with van der Waals surface area (Å²) in [5, 5.41) is 0. The highest BCUT2D eigenvalue weighted by Gasteiger charge is 2.19. The summed E-state index contributed by atoms with van der Waals surface area (Å²) in [5.41, 5.74) is 0. The molecule has 0 amide bonds. The van der Waals surface area contributed by atoms with Gasteiger partial charge in [0.1, 0.15) is 13.2 Å². The van der Waals surface area contributed by atoms with Crippen LogP contribution in [-0.4, -0.2) is 37.2 Å². The van der Waals surface area contributed by atoms with Gasteiger partial charge in [0.15, 0.2) is 6.10 Å². The molecular weight excluding hydrogens is 1010 g/mol. The van der Waals surface area contributed by atoms with E-state index in [0.29, 0.717) is 19.3 Å². The number of ether oxygens (including phenoxy) is 3. The Kier molecular flexibility index (Phi) is 65.3. The molecule has 0 aromatic heterocycles. The minimum atomic E-state index is -0.797. The minimum Gasteiger partial charge on any atom is -0.462 e. The van der Waals surface area contributed by atoms with Crippen LogP contribution >= 0.6 is 0 Å². The standard InChI is InChI=1S/C76H126O6/c1-4-7-10-13-16-19-22-25-28-30-31-32-33-34-35-36-37-38-39-40-41-42-43-44-45-46-49-51-54-57-60-63-66-69-75(78)81-72-73(71-80-74(77)68-65-62-59-56-53-50-47-27-24-21-18-15-12-9-6-3)82-76(79)70-67-64-61-58-55-52-48-29-26-23-20-17-14-11-8-5-2/h7,9-10,12,16,18-21,23,25,27-29,31-32,34-35,37-38,47-48,73H,4-6,8,11,13-15,17,22,24,26,30,33,36,39-46,49-72H2,1-3H3/b10-7-,12-9-,19-16-,21-18-,23-20-,28-25-,32-31-,35-34-,38-37-,47-27-,48-29-. The van der Waals surface area contributed by atoms with E-state index in [1.165, 1.54) is 109 Å². The molecule has 0 heterocycles. The maximum absolute atomic E-state index is 12.9. The predicted molar refractivity (Wildman–Crippen MR) is 357 cm³/mol. The van der Waals surface area contributed by atoms with Gasteiger partial charge >= 0.3 is 17.9 Å². The van der Waals surface area contributed by atoms with Gasteiger partial charge < -0.3 is 14.2 Å². The molecule has 0 N–H and O–H groups in total. The van der Waals surface area contributed by atoms with Crippen LogP contribution in [0.1, 0.15) is 310 Å². The van der Waals surface area contributed by atoms with E-state index in [4.69, 9.17) is 14.2 Å². The van der Waals surface area contributed by atoms with Crippen LogP contribution in [0.25, 0.3) is 0 Å². The zero-order valence-corrected chi connectivity index (χ0v) is 53.5. The van der Waals surface area contributed by atoms with Gasteiger partial charge in [0.2, 0.25) is 0 Å². The summed E-state index contributed by atoms with van der Waals surface area (Å²) in [6.45, 7) is 6.39. The van der Waals surface area contributed by atoms with Gasteiger partial charge in [-0.05, 0) is 135 Å². The molecule has 6 heteroatoms. The van der Waals surface area contributed by atoms with Crippen molar-refractivity contribution in [1.29, 1.82) is 0 Å². The summed E-state index contributed by atoms with van der Waals surface area (Å²) in [5.74, 6) is -0.916. The number of hydrogen-bond donors (Lipinski definition) is 0. The Morgan fingerprint density at radius 2 is 0.476 bits per heavy atom. The van der Waals surface area contributed by atoms with E-state index >= 15 is 0 Å². The molecule has 0 saturated heterocycles. The molecule has 0 aliphatic heterocycles. The first-order chi connectivity index (χ1) is 40.5. The summed E-state index contributed by atoms with van der Waals surface area (Å²) >= 11 is 0. The molecule has 0 fully saturated rings. The molecule has 0 spiro atoms. The molecular formula is C76H126O6. The lowest BCUT2D eigenvalue weighted by molar-refractivity contribution is -0.167. The first-order valence-electron chi connectivity index (χ1n) is 34.2. The Bertz CT molecular complexity index is 1730. The van der Waals surface area contributed by atoms with Crippen molar-refractivity contribution in [3.63, 3.8) is 0 Å². The third kappa shape index (κ3) is 66.4. The fraction of sp³-hybridized carbons (Fsp3) is 0.671. The van der Waals surface area contributed by atoms with E-state index in [1.807, 2.05) is 0 Å². The molecule has 0 rings (SSSR count). The summed E-state index contributed by atoms with van der Waals surface area (Å²) in [4.78, 5) is 38.4. The van der Waals surface area contributed by atoms with Crippen molar-refractivity contribution in [2.45, 2.75) is 316 Å². The number of unbranched alkanes of at least 4 members (excludes halogenated alkanes) is 28. The number of esters is 3. The lowest BCUT2D eigenvalue weighted by atomic mass is 10.0. The number of carbonyl (C=O) groups excluding carboxylic acids is 3. The van der Waals surface area contributed by atoms with Crippen molar-refractivity contribution in [2.24, 2.45) is 0 Å². The van der Waals surface area contributed by atoms with Gasteiger partial charge in [-0.25, -0.2) is 0 Å². The molecule has 0 radical (unpaired) electrons. The van der Waals surface area contributed by atoms with Gasteiger partial charge in [0.25, 0.3) is 0 Å². The van der Waals surface area contributed by atoms with Gasteiger partial charge in [-0.1, -0.05) is 289 Å². The second kappa shape index (κ2) is 69.0. The Labute approximate surface area is 506 Å². The first kappa shape index (κ1) is 77.5. The molecule has 0 aromatic rings. The van der Waals surface area contributed by atoms with Crippen molar-refractivity contribution in [2.75, 3.05) is 13.2 Å². The largest absolute Gasteiger partial charge is 0.462 e. The SMILES string of the molecule is CC/C=C\C/C=C\C/C=C\C/C=C\C/C=C\C/C=C\CCCCCCCCCCCCCCCCC(=O)OCC(COC(=O)CCCCCCC/C=C\C/C=C\C/C=C\CC)OC(=O)CCCCCCC/C=C\C/C=C\CCCCCC. The van der Waals surface area contributed by atoms with Crippen LogP contribution in [0.4, 0.5) is 0 Å². The Hall–Kier alpha value is -4.45. The van der Waals surface area contributed by atoms with Gasteiger partial charge in [-0.3, -0.25) is 14.4 Å². The van der Waals surface area contributed by atoms with Crippen molar-refractivity contribution < 1.29 is 28.6 Å². The Balaban J connectivity index is 4.26. The zero-order valence-electron chi connectivity index (χ0n) is 53.5. The van der Waals surface area contributed by atoms with Gasteiger partial charge in [-0.15, -0.1) is 0 Å². The van der Waals surface area contributed by atoms with Crippen molar-refractivity contribution >= 4 is 17.9 Å². The maximum atomic E-state index is 12.9. The average molecular weight is 1140 g/mol. The molecule has 82 heavy (non-hydrogen) atoms. The average Bonchev–Trinajstić information content (AvgIpc) is 3.47. The fourth-order valence-electron chi connectivity index (χ4n) is 9.32. The lowest BCUT2D eigenvalue weighted by Gasteiger charge is -2.18. The van der Waals surface area contributed by atoms with E-state index in [-0.39, 0.29) is 31.1 Å². The van der Waals surface area contributed by atoms with E-state index in [1.54, 1.807) is 0 Å². The molecule has 466 valence electrons. The minimum absolute atomic E-state index is 0.0910. The Morgan fingerprint density at radius 3 is 0.744 bits per heavy atom. The molecule has 0 aliphatic rings. The normalized spacial score (nSPS) is 13.0. The second-order valence-corrected chi connectivity index (χ2v) is 22.3. The molecule has 0 aromatic carbocycles. The quantitative estimate of drug-likeness (QED) is 0.0261. The molecule has 0 bridgehead atoms. The van der Waals surface area contributed by atoms with E-state index in [9.17, 15) is 14.4 Å². The molecule has 1 unspecified atom stereocenters. The third-order valence-electron chi connectivity index (χ3n) is 14.4. The number of rotatable bonds is 61. The van der Waals surface area contributed by atoms with Gasteiger partial charge in [0, 0.05) is 19.3 Å². The van der Waals surface area contributed by atoms with E-state index in [0.717, 1.165) is 161 Å². The number of carbonyl (C=O) groups is 3. The summed E-state index contributed by atoms with van der Waals surface area (Å²) < 4.78 is 16.9. The molecule has 6 nitrogen and oxygen atoms in total. The fourth-order valence-corrected chi connectivity index (χ4v) is 9.32. The summed E-state index contributed by atoms with van der Waals surface area (Å²) in [7, 11) is 0. The monoisotopic (exact) mass is 1130 g/mol. The van der Waals surface area contributed by atoms with Crippen LogP contribution in [0.5, 0.6) is 0 Å². The van der Waals surface area contributed by atoms with Crippen LogP contribution in [0.3, 0.4) is 0 Å². The summed E-state index contributed by atoms with van der Waals surface area (Å²) in [6, 6.07) is 0. The lowest BCUT2D eigenvalue weighted by Crippen LogP contribution is -2.30. The molecule has 0 saturated carbocycles. The van der Waals surface area contributed by atoms with Crippen LogP contribution in [-0.2, 0) is 28.6 Å². The van der Waals surface area contributed by atoms with E-state index in [2.05, 4.69) is 154 Å². The molecule has 1 atom stereocenters. The predicted octanol–water partition coefficient (Wildman–Crippen LogP) is 23.7. The number of allylic oxidation sites excluding steroid dienone is 22. The van der Waals surface area contributed by atoms with Crippen molar-refractivity contribution in [1.82, 2.24) is 0 Å². The highest BCUT2D eigenvalue weighted by Crippen LogP contribution is 2.16. The highest BCUT2D eigenvalue weighted by molar-refractivity contribution is 5.71. The van der Waals surface area contributed by atoms with Crippen LogP contribution in [0.15, 0.2) is 134 Å². The number of hydrogen-bond acceptors (Lipinski definition) is 6.